The van der Waals surface area contributed by atoms with Crippen molar-refractivity contribution in [2.45, 2.75) is 46.3 Å². The molecule has 1 aromatic heterocycles. The molecule has 0 N–H and O–H groups in total. The molecule has 0 radical (unpaired) electrons. The van der Waals surface area contributed by atoms with Crippen LogP contribution in [0.4, 0.5) is 4.39 Å². The van der Waals surface area contributed by atoms with E-state index in [9.17, 15) is 14.0 Å². The fourth-order valence-corrected chi connectivity index (χ4v) is 4.38. The molecule has 3 rings (SSSR count). The number of rotatable bonds is 9. The number of benzene rings is 2. The number of aryl methyl sites for hydroxylation is 1. The van der Waals surface area contributed by atoms with Crippen LogP contribution in [-0.4, -0.2) is 34.2 Å². The quantitative estimate of drug-likeness (QED) is 0.420. The van der Waals surface area contributed by atoms with Crippen molar-refractivity contribution in [2.75, 3.05) is 6.54 Å². The van der Waals surface area contributed by atoms with Crippen LogP contribution in [0.1, 0.15) is 45.9 Å². The van der Waals surface area contributed by atoms with Gasteiger partial charge in [-0.2, -0.15) is 0 Å². The van der Waals surface area contributed by atoms with Crippen LogP contribution in [0.3, 0.4) is 0 Å². The predicted octanol–water partition coefficient (Wildman–Crippen LogP) is 5.67. The van der Waals surface area contributed by atoms with Gasteiger partial charge in [-0.3, -0.25) is 9.59 Å². The lowest BCUT2D eigenvalue weighted by molar-refractivity contribution is -0.133. The van der Waals surface area contributed by atoms with Gasteiger partial charge in [-0.05, 0) is 56.2 Å². The minimum Gasteiger partial charge on any atom is -0.332 e. The highest BCUT2D eigenvalue weighted by atomic mass is 32.1. The third-order valence-corrected chi connectivity index (χ3v) is 6.46. The van der Waals surface area contributed by atoms with E-state index < -0.39 is 5.82 Å². The molecule has 4 nitrogen and oxygen atoms in total. The van der Waals surface area contributed by atoms with Crippen molar-refractivity contribution in [3.05, 3.63) is 93.4 Å². The number of carbonyl (C=O) groups excluding carboxylic acids is 2. The third-order valence-electron chi connectivity index (χ3n) is 5.47. The van der Waals surface area contributed by atoms with E-state index in [2.05, 4.69) is 0 Å². The Kier molecular flexibility index (Phi) is 8.17. The van der Waals surface area contributed by atoms with E-state index in [1.165, 1.54) is 23.1 Å². The monoisotopic (exact) mass is 452 g/mol. The molecule has 1 unspecified atom stereocenters. The van der Waals surface area contributed by atoms with Gasteiger partial charge in [-0.15, -0.1) is 11.3 Å². The van der Waals surface area contributed by atoms with Crippen LogP contribution in [0.15, 0.2) is 66.7 Å². The van der Waals surface area contributed by atoms with Gasteiger partial charge in [0.15, 0.2) is 0 Å². The largest absolute Gasteiger partial charge is 0.332 e. The molecule has 0 aliphatic rings. The smallest absolute Gasteiger partial charge is 0.254 e. The highest BCUT2D eigenvalue weighted by Gasteiger charge is 2.26. The number of thiophene rings is 1. The standard InChI is InChI=1S/C26H29FN2O2S/c1-4-19(2)29(26(31)22-11-8-12-23(27)15-22)18-25(30)28(16-21-9-6-5-7-10-21)17-24-14-13-20(3)32-24/h5-15,19H,4,16-18H2,1-3H3. The first kappa shape index (κ1) is 23.7. The zero-order chi connectivity index (χ0) is 23.1. The van der Waals surface area contributed by atoms with Gasteiger partial charge in [0.05, 0.1) is 6.54 Å². The third kappa shape index (κ3) is 6.26. The zero-order valence-corrected chi connectivity index (χ0v) is 19.6. The summed E-state index contributed by atoms with van der Waals surface area (Å²) in [5.74, 6) is -0.936. The van der Waals surface area contributed by atoms with Gasteiger partial charge in [0.1, 0.15) is 12.4 Å². The predicted molar refractivity (Wildman–Crippen MR) is 127 cm³/mol. The molecule has 3 aromatic rings. The summed E-state index contributed by atoms with van der Waals surface area (Å²) in [4.78, 5) is 32.2. The fraction of sp³-hybridized carbons (Fsp3) is 0.308. The van der Waals surface area contributed by atoms with Crippen molar-refractivity contribution in [2.24, 2.45) is 0 Å². The lowest BCUT2D eigenvalue weighted by Crippen LogP contribution is -2.46. The number of nitrogens with zero attached hydrogens (tertiary/aromatic N) is 2. The summed E-state index contributed by atoms with van der Waals surface area (Å²) in [5, 5.41) is 0. The Morgan fingerprint density at radius 1 is 1.00 bits per heavy atom. The number of hydrogen-bond donors (Lipinski definition) is 0. The summed E-state index contributed by atoms with van der Waals surface area (Å²) >= 11 is 1.66. The second-order valence-electron chi connectivity index (χ2n) is 7.95. The van der Waals surface area contributed by atoms with Crippen LogP contribution in [-0.2, 0) is 17.9 Å². The summed E-state index contributed by atoms with van der Waals surface area (Å²) in [6.07, 6.45) is 0.692. The Hall–Kier alpha value is -2.99. The number of halogens is 1. The van der Waals surface area contributed by atoms with Crippen molar-refractivity contribution in [3.8, 4) is 0 Å². The maximum absolute atomic E-state index is 13.7. The first-order chi connectivity index (χ1) is 15.4. The summed E-state index contributed by atoms with van der Waals surface area (Å²) in [5.41, 5.74) is 1.28. The summed E-state index contributed by atoms with van der Waals surface area (Å²) in [6.45, 7) is 6.81. The Morgan fingerprint density at radius 3 is 2.38 bits per heavy atom. The molecule has 0 aliphatic carbocycles. The first-order valence-electron chi connectivity index (χ1n) is 10.8. The molecule has 0 spiro atoms. The van der Waals surface area contributed by atoms with Gasteiger partial charge in [0.2, 0.25) is 5.91 Å². The molecule has 1 atom stereocenters. The summed E-state index contributed by atoms with van der Waals surface area (Å²) < 4.78 is 13.7. The van der Waals surface area contributed by atoms with E-state index in [-0.39, 0.29) is 30.0 Å². The van der Waals surface area contributed by atoms with Crippen LogP contribution in [0.2, 0.25) is 0 Å². The van der Waals surface area contributed by atoms with E-state index in [1.54, 1.807) is 27.2 Å². The second kappa shape index (κ2) is 11.0. The molecule has 2 aromatic carbocycles. The van der Waals surface area contributed by atoms with Crippen LogP contribution < -0.4 is 0 Å². The molecule has 6 heteroatoms. The van der Waals surface area contributed by atoms with Crippen molar-refractivity contribution < 1.29 is 14.0 Å². The molecule has 0 bridgehead atoms. The lowest BCUT2D eigenvalue weighted by Gasteiger charge is -2.31. The molecule has 168 valence electrons. The lowest BCUT2D eigenvalue weighted by atomic mass is 10.1. The van der Waals surface area contributed by atoms with E-state index in [0.717, 1.165) is 10.4 Å². The Labute approximate surface area is 193 Å². The normalized spacial score (nSPS) is 11.8. The highest BCUT2D eigenvalue weighted by molar-refractivity contribution is 7.11. The van der Waals surface area contributed by atoms with E-state index >= 15 is 0 Å². The summed E-state index contributed by atoms with van der Waals surface area (Å²) in [6, 6.07) is 19.4. The Bertz CT molecular complexity index is 1050. The van der Waals surface area contributed by atoms with Gasteiger partial charge >= 0.3 is 0 Å². The minimum absolute atomic E-state index is 0.0540. The van der Waals surface area contributed by atoms with Crippen LogP contribution in [0, 0.1) is 12.7 Å². The van der Waals surface area contributed by atoms with E-state index in [0.29, 0.717) is 19.5 Å². The summed E-state index contributed by atoms with van der Waals surface area (Å²) in [7, 11) is 0. The maximum atomic E-state index is 13.7. The van der Waals surface area contributed by atoms with Gasteiger partial charge in [0.25, 0.3) is 5.91 Å². The first-order valence-corrected chi connectivity index (χ1v) is 11.6. The molecule has 0 saturated carbocycles. The van der Waals surface area contributed by atoms with E-state index in [1.807, 2.05) is 63.2 Å². The Morgan fingerprint density at radius 2 is 1.75 bits per heavy atom. The van der Waals surface area contributed by atoms with Gasteiger partial charge in [-0.1, -0.05) is 43.3 Å². The average Bonchev–Trinajstić information content (AvgIpc) is 3.21. The van der Waals surface area contributed by atoms with Crippen LogP contribution in [0.5, 0.6) is 0 Å². The molecular weight excluding hydrogens is 423 g/mol. The minimum atomic E-state index is -0.468. The maximum Gasteiger partial charge on any atom is 0.254 e. The fourth-order valence-electron chi connectivity index (χ4n) is 3.48. The van der Waals surface area contributed by atoms with Crippen molar-refractivity contribution in [1.82, 2.24) is 9.80 Å². The topological polar surface area (TPSA) is 40.6 Å². The molecule has 1 heterocycles. The molecule has 0 aliphatic heterocycles. The molecule has 0 saturated heterocycles. The molecule has 32 heavy (non-hydrogen) atoms. The van der Waals surface area contributed by atoms with Gasteiger partial charge in [-0.25, -0.2) is 4.39 Å². The van der Waals surface area contributed by atoms with Crippen molar-refractivity contribution >= 4 is 23.2 Å². The van der Waals surface area contributed by atoms with Crippen LogP contribution >= 0.6 is 11.3 Å². The average molecular weight is 453 g/mol. The zero-order valence-electron chi connectivity index (χ0n) is 18.8. The van der Waals surface area contributed by atoms with E-state index in [4.69, 9.17) is 0 Å². The number of carbonyl (C=O) groups is 2. The molecule has 0 fully saturated rings. The van der Waals surface area contributed by atoms with Gasteiger partial charge in [0, 0.05) is 27.9 Å². The SMILES string of the molecule is CCC(C)N(CC(=O)N(Cc1ccccc1)Cc1ccc(C)s1)C(=O)c1cccc(F)c1. The number of amides is 2. The molecule has 2 amide bonds. The van der Waals surface area contributed by atoms with Crippen molar-refractivity contribution in [1.29, 1.82) is 0 Å². The second-order valence-corrected chi connectivity index (χ2v) is 9.32. The number of hydrogen-bond acceptors (Lipinski definition) is 3. The van der Waals surface area contributed by atoms with Gasteiger partial charge < -0.3 is 9.80 Å². The Balaban J connectivity index is 1.84. The molecular formula is C26H29FN2O2S. The van der Waals surface area contributed by atoms with Crippen molar-refractivity contribution in [3.63, 3.8) is 0 Å². The van der Waals surface area contributed by atoms with Crippen LogP contribution in [0.25, 0.3) is 0 Å². The highest BCUT2D eigenvalue weighted by Crippen LogP contribution is 2.20.